The second-order valence-corrected chi connectivity index (χ2v) is 8.80. The predicted molar refractivity (Wildman–Crippen MR) is 118 cm³/mol. The zero-order chi connectivity index (χ0) is 19.9. The fourth-order valence-corrected chi connectivity index (χ4v) is 4.55. The summed E-state index contributed by atoms with van der Waals surface area (Å²) in [5, 5.41) is 8.21. The highest BCUT2D eigenvalue weighted by Gasteiger charge is 2.24. The van der Waals surface area contributed by atoms with Crippen LogP contribution in [0, 0.1) is 5.92 Å². The van der Waals surface area contributed by atoms with Gasteiger partial charge in [-0.05, 0) is 82.8 Å². The second kappa shape index (κ2) is 10.2. The Morgan fingerprint density at radius 1 is 1.18 bits per heavy atom. The Bertz CT molecular complexity index is 701. The highest BCUT2D eigenvalue weighted by molar-refractivity contribution is 5.19. The Kier molecular flexibility index (Phi) is 7.69. The molecule has 1 aliphatic rings. The molecule has 1 aromatic heterocycles. The molecule has 0 aliphatic heterocycles. The third-order valence-electron chi connectivity index (χ3n) is 6.50. The summed E-state index contributed by atoms with van der Waals surface area (Å²) in [6, 6.07) is 13.2. The summed E-state index contributed by atoms with van der Waals surface area (Å²) in [7, 11) is 6.40. The standard InChI is InChI=1S/C24H38N4/c1-19(21-8-6-5-7-9-21)14-15-27(3)18-23-16-24(26-28(23)4)22-12-10-20(11-13-22)17-25-2/h5-9,16,19-20,22,25H,10-15,17-18H2,1-4H3/t19-,20?,22?/m0/s1. The number of nitrogens with zero attached hydrogens (tertiary/aromatic N) is 3. The smallest absolute Gasteiger partial charge is 0.0658 e. The monoisotopic (exact) mass is 382 g/mol. The molecule has 0 bridgehead atoms. The van der Waals surface area contributed by atoms with Crippen molar-refractivity contribution in [1.29, 1.82) is 0 Å². The molecule has 1 atom stereocenters. The van der Waals surface area contributed by atoms with Crippen molar-refractivity contribution in [1.82, 2.24) is 20.0 Å². The van der Waals surface area contributed by atoms with Gasteiger partial charge in [0.05, 0.1) is 11.4 Å². The molecule has 1 fully saturated rings. The van der Waals surface area contributed by atoms with Gasteiger partial charge in [-0.25, -0.2) is 0 Å². The molecular formula is C24H38N4. The molecule has 154 valence electrons. The third kappa shape index (κ3) is 5.68. The van der Waals surface area contributed by atoms with Gasteiger partial charge in [0, 0.05) is 19.5 Å². The average molecular weight is 383 g/mol. The van der Waals surface area contributed by atoms with E-state index in [0.717, 1.165) is 25.6 Å². The van der Waals surface area contributed by atoms with E-state index >= 15 is 0 Å². The molecule has 1 N–H and O–H groups in total. The minimum atomic E-state index is 0.596. The Morgan fingerprint density at radius 3 is 2.57 bits per heavy atom. The fourth-order valence-electron chi connectivity index (χ4n) is 4.55. The predicted octanol–water partition coefficient (Wildman–Crippen LogP) is 4.54. The molecule has 1 aliphatic carbocycles. The topological polar surface area (TPSA) is 33.1 Å². The van der Waals surface area contributed by atoms with Crippen LogP contribution in [0.4, 0.5) is 0 Å². The van der Waals surface area contributed by atoms with Gasteiger partial charge in [0.2, 0.25) is 0 Å². The van der Waals surface area contributed by atoms with E-state index in [1.807, 2.05) is 0 Å². The van der Waals surface area contributed by atoms with Crippen LogP contribution in [0.25, 0.3) is 0 Å². The number of aryl methyl sites for hydroxylation is 1. The molecule has 1 aromatic carbocycles. The van der Waals surface area contributed by atoms with Crippen molar-refractivity contribution in [3.63, 3.8) is 0 Å². The highest BCUT2D eigenvalue weighted by Crippen LogP contribution is 2.35. The largest absolute Gasteiger partial charge is 0.319 e. The average Bonchev–Trinajstić information content (AvgIpc) is 3.08. The molecule has 0 amide bonds. The van der Waals surface area contributed by atoms with E-state index in [0.29, 0.717) is 11.8 Å². The quantitative estimate of drug-likeness (QED) is 0.691. The van der Waals surface area contributed by atoms with Crippen LogP contribution in [0.5, 0.6) is 0 Å². The maximum absolute atomic E-state index is 4.88. The molecule has 28 heavy (non-hydrogen) atoms. The van der Waals surface area contributed by atoms with E-state index in [9.17, 15) is 0 Å². The Labute approximate surface area is 171 Å². The van der Waals surface area contributed by atoms with E-state index in [4.69, 9.17) is 5.10 Å². The van der Waals surface area contributed by atoms with Gasteiger partial charge in [0.25, 0.3) is 0 Å². The SMILES string of the molecule is CNCC1CCC(c2cc(CN(C)CC[C@H](C)c3ccccc3)n(C)n2)CC1. The third-order valence-corrected chi connectivity index (χ3v) is 6.50. The van der Waals surface area contributed by atoms with Gasteiger partial charge in [-0.3, -0.25) is 4.68 Å². The minimum Gasteiger partial charge on any atom is -0.319 e. The molecule has 4 heteroatoms. The zero-order valence-electron chi connectivity index (χ0n) is 18.2. The van der Waals surface area contributed by atoms with Crippen molar-refractivity contribution in [3.8, 4) is 0 Å². The van der Waals surface area contributed by atoms with Crippen LogP contribution in [0.1, 0.15) is 67.8 Å². The summed E-state index contributed by atoms with van der Waals surface area (Å²) in [6.07, 6.45) is 6.41. The van der Waals surface area contributed by atoms with E-state index in [2.05, 4.69) is 79.4 Å². The van der Waals surface area contributed by atoms with Crippen molar-refractivity contribution in [2.24, 2.45) is 13.0 Å². The molecule has 0 spiro atoms. The molecule has 0 saturated heterocycles. The lowest BCUT2D eigenvalue weighted by Gasteiger charge is -2.27. The van der Waals surface area contributed by atoms with Crippen LogP contribution in [0.2, 0.25) is 0 Å². The zero-order valence-corrected chi connectivity index (χ0v) is 18.2. The second-order valence-electron chi connectivity index (χ2n) is 8.80. The first-order valence-corrected chi connectivity index (χ1v) is 11.0. The maximum atomic E-state index is 4.88. The maximum Gasteiger partial charge on any atom is 0.0658 e. The Morgan fingerprint density at radius 2 is 1.89 bits per heavy atom. The summed E-state index contributed by atoms with van der Waals surface area (Å²) >= 11 is 0. The number of benzene rings is 1. The lowest BCUT2D eigenvalue weighted by Crippen LogP contribution is -2.23. The number of hydrogen-bond acceptors (Lipinski definition) is 3. The van der Waals surface area contributed by atoms with Crippen LogP contribution in [-0.4, -0.2) is 41.9 Å². The number of hydrogen-bond donors (Lipinski definition) is 1. The van der Waals surface area contributed by atoms with E-state index in [1.54, 1.807) is 0 Å². The van der Waals surface area contributed by atoms with Gasteiger partial charge in [-0.1, -0.05) is 37.3 Å². The lowest BCUT2D eigenvalue weighted by molar-refractivity contribution is 0.305. The van der Waals surface area contributed by atoms with Crippen molar-refractivity contribution in [2.45, 2.75) is 57.4 Å². The van der Waals surface area contributed by atoms with Crippen LogP contribution in [0.3, 0.4) is 0 Å². The van der Waals surface area contributed by atoms with Crippen LogP contribution in [0.15, 0.2) is 36.4 Å². The van der Waals surface area contributed by atoms with E-state index in [-0.39, 0.29) is 0 Å². The number of nitrogens with one attached hydrogen (secondary N) is 1. The normalized spacial score (nSPS) is 21.2. The molecule has 0 unspecified atom stereocenters. The number of aromatic nitrogens is 2. The van der Waals surface area contributed by atoms with Gasteiger partial charge in [-0.15, -0.1) is 0 Å². The number of rotatable bonds is 9. The van der Waals surface area contributed by atoms with Crippen molar-refractivity contribution in [2.75, 3.05) is 27.2 Å². The van der Waals surface area contributed by atoms with Crippen LogP contribution < -0.4 is 5.32 Å². The molecule has 0 radical (unpaired) electrons. The summed E-state index contributed by atoms with van der Waals surface area (Å²) in [5.74, 6) is 2.09. The first kappa shape index (κ1) is 21.1. The first-order chi connectivity index (χ1) is 13.6. The molecule has 1 heterocycles. The van der Waals surface area contributed by atoms with E-state index < -0.39 is 0 Å². The van der Waals surface area contributed by atoms with Crippen LogP contribution in [-0.2, 0) is 13.6 Å². The van der Waals surface area contributed by atoms with Gasteiger partial charge >= 0.3 is 0 Å². The van der Waals surface area contributed by atoms with Gasteiger partial charge in [0.15, 0.2) is 0 Å². The lowest BCUT2D eigenvalue weighted by atomic mass is 9.80. The molecule has 3 rings (SSSR count). The first-order valence-electron chi connectivity index (χ1n) is 11.0. The summed E-state index contributed by atoms with van der Waals surface area (Å²) in [6.45, 7) is 5.56. The van der Waals surface area contributed by atoms with E-state index in [1.165, 1.54) is 49.1 Å². The summed E-state index contributed by atoms with van der Waals surface area (Å²) in [4.78, 5) is 2.43. The molecule has 1 saturated carbocycles. The molecule has 2 aromatic rings. The Balaban J connectivity index is 1.49. The van der Waals surface area contributed by atoms with Crippen molar-refractivity contribution < 1.29 is 0 Å². The summed E-state index contributed by atoms with van der Waals surface area (Å²) in [5.41, 5.74) is 4.08. The van der Waals surface area contributed by atoms with Gasteiger partial charge in [-0.2, -0.15) is 5.10 Å². The van der Waals surface area contributed by atoms with Crippen molar-refractivity contribution in [3.05, 3.63) is 53.3 Å². The molecule has 4 nitrogen and oxygen atoms in total. The van der Waals surface area contributed by atoms with Crippen molar-refractivity contribution >= 4 is 0 Å². The van der Waals surface area contributed by atoms with Gasteiger partial charge < -0.3 is 10.2 Å². The molecular weight excluding hydrogens is 344 g/mol. The van der Waals surface area contributed by atoms with Gasteiger partial charge in [0.1, 0.15) is 0 Å². The summed E-state index contributed by atoms with van der Waals surface area (Å²) < 4.78 is 2.10. The van der Waals surface area contributed by atoms with Crippen LogP contribution >= 0.6 is 0 Å². The Hall–Kier alpha value is -1.65. The highest BCUT2D eigenvalue weighted by atomic mass is 15.3. The minimum absolute atomic E-state index is 0.596. The fraction of sp³-hybridized carbons (Fsp3) is 0.625.